The molecule has 88 valence electrons. The van der Waals surface area contributed by atoms with Crippen LogP contribution in [0.5, 0.6) is 5.75 Å². The molecule has 0 saturated carbocycles. The van der Waals surface area contributed by atoms with Crippen molar-refractivity contribution in [3.63, 3.8) is 0 Å². The summed E-state index contributed by atoms with van der Waals surface area (Å²) in [7, 11) is 1.83. The van der Waals surface area contributed by atoms with Gasteiger partial charge in [-0.25, -0.2) is 0 Å². The normalized spacial score (nSPS) is 9.88. The van der Waals surface area contributed by atoms with Crippen LogP contribution in [0.3, 0.4) is 0 Å². The van der Waals surface area contributed by atoms with Gasteiger partial charge in [0, 0.05) is 19.3 Å². The fourth-order valence-electron chi connectivity index (χ4n) is 1.36. The van der Waals surface area contributed by atoms with Gasteiger partial charge < -0.3 is 14.8 Å². The molecule has 0 aromatic heterocycles. The molecule has 0 atom stereocenters. The second-order valence-corrected chi connectivity index (χ2v) is 3.72. The van der Waals surface area contributed by atoms with E-state index in [4.69, 9.17) is 16.3 Å². The van der Waals surface area contributed by atoms with Crippen molar-refractivity contribution < 1.29 is 9.53 Å². The summed E-state index contributed by atoms with van der Waals surface area (Å²) in [5.41, 5.74) is 1.87. The summed E-state index contributed by atoms with van der Waals surface area (Å²) >= 11 is 5.57. The lowest BCUT2D eigenvalue weighted by molar-refractivity contribution is -0.107. The minimum absolute atomic E-state index is 0.427. The lowest BCUT2D eigenvalue weighted by atomic mass is 10.1. The molecular weight excluding hydrogens is 226 g/mol. The highest BCUT2D eigenvalue weighted by molar-refractivity contribution is 6.17. The molecule has 1 aromatic rings. The number of hydrogen-bond acceptors (Lipinski definition) is 3. The van der Waals surface area contributed by atoms with Crippen molar-refractivity contribution >= 4 is 23.6 Å². The summed E-state index contributed by atoms with van der Waals surface area (Å²) < 4.78 is 5.57. The number of carbonyl (C=O) groups excluding carboxylic acids is 1. The first kappa shape index (κ1) is 12.8. The minimum atomic E-state index is 0.427. The largest absolute Gasteiger partial charge is 0.491 e. The van der Waals surface area contributed by atoms with E-state index in [1.54, 1.807) is 0 Å². The Morgan fingerprint density at radius 3 is 2.94 bits per heavy atom. The molecule has 0 heterocycles. The van der Waals surface area contributed by atoms with Crippen molar-refractivity contribution in [3.8, 4) is 5.75 Å². The molecule has 4 heteroatoms. The van der Waals surface area contributed by atoms with Gasteiger partial charge in [-0.15, -0.1) is 11.6 Å². The molecule has 0 aliphatic carbocycles. The monoisotopic (exact) mass is 241 g/mol. The lowest BCUT2D eigenvalue weighted by Crippen LogP contribution is -2.02. The van der Waals surface area contributed by atoms with Crippen molar-refractivity contribution in [1.82, 2.24) is 0 Å². The summed E-state index contributed by atoms with van der Waals surface area (Å²) in [6.07, 6.45) is 2.14. The van der Waals surface area contributed by atoms with Crippen molar-refractivity contribution in [2.24, 2.45) is 0 Å². The first-order valence-corrected chi connectivity index (χ1v) is 5.78. The average molecular weight is 242 g/mol. The second-order valence-electron chi connectivity index (χ2n) is 3.34. The molecule has 1 N–H and O–H groups in total. The molecular formula is C12H16ClNO2. The van der Waals surface area contributed by atoms with Gasteiger partial charge in [0.05, 0.1) is 12.3 Å². The Morgan fingerprint density at radius 1 is 1.50 bits per heavy atom. The van der Waals surface area contributed by atoms with Gasteiger partial charge in [0.15, 0.2) is 0 Å². The van der Waals surface area contributed by atoms with Crippen LogP contribution in [0, 0.1) is 0 Å². The zero-order valence-electron chi connectivity index (χ0n) is 9.33. The molecule has 16 heavy (non-hydrogen) atoms. The summed E-state index contributed by atoms with van der Waals surface area (Å²) in [6.45, 7) is 0.602. The number of rotatable bonds is 7. The summed E-state index contributed by atoms with van der Waals surface area (Å²) in [5, 5.41) is 3.05. The van der Waals surface area contributed by atoms with Crippen LogP contribution >= 0.6 is 11.6 Å². The Bertz CT molecular complexity index is 342. The van der Waals surface area contributed by atoms with Crippen LogP contribution in [0.1, 0.15) is 12.0 Å². The fourth-order valence-corrected chi connectivity index (χ4v) is 1.47. The third kappa shape index (κ3) is 3.74. The van der Waals surface area contributed by atoms with Crippen LogP contribution in [0.4, 0.5) is 5.69 Å². The van der Waals surface area contributed by atoms with E-state index in [1.165, 1.54) is 0 Å². The number of nitrogens with one attached hydrogen (secondary N) is 1. The van der Waals surface area contributed by atoms with Crippen molar-refractivity contribution in [2.45, 2.75) is 12.8 Å². The first-order valence-electron chi connectivity index (χ1n) is 5.25. The molecule has 0 amide bonds. The SMILES string of the molecule is CNc1cc(CC=O)ccc1OCCCCl. The molecule has 0 fully saturated rings. The number of hydrogen-bond donors (Lipinski definition) is 1. The maximum Gasteiger partial charge on any atom is 0.142 e. The standard InChI is InChI=1S/C12H16ClNO2/c1-14-11-9-10(5-7-15)3-4-12(11)16-8-2-6-13/h3-4,7,9,14H,2,5-6,8H2,1H3. The van der Waals surface area contributed by atoms with Gasteiger partial charge in [-0.2, -0.15) is 0 Å². The predicted molar refractivity (Wildman–Crippen MR) is 66.6 cm³/mol. The van der Waals surface area contributed by atoms with Gasteiger partial charge in [0.25, 0.3) is 0 Å². The Labute approximate surface area is 101 Å². The Morgan fingerprint density at radius 2 is 2.31 bits per heavy atom. The highest BCUT2D eigenvalue weighted by Gasteiger charge is 2.03. The van der Waals surface area contributed by atoms with Gasteiger partial charge in [-0.1, -0.05) is 6.07 Å². The average Bonchev–Trinajstić information content (AvgIpc) is 2.31. The van der Waals surface area contributed by atoms with E-state index in [-0.39, 0.29) is 0 Å². The van der Waals surface area contributed by atoms with E-state index in [9.17, 15) is 4.79 Å². The lowest BCUT2D eigenvalue weighted by Gasteiger charge is -2.11. The highest BCUT2D eigenvalue weighted by atomic mass is 35.5. The summed E-state index contributed by atoms with van der Waals surface area (Å²) in [5.74, 6) is 1.39. The number of aldehydes is 1. The Balaban J connectivity index is 2.72. The number of benzene rings is 1. The van der Waals surface area contributed by atoms with E-state index < -0.39 is 0 Å². The number of alkyl halides is 1. The van der Waals surface area contributed by atoms with Crippen LogP contribution in [0.25, 0.3) is 0 Å². The van der Waals surface area contributed by atoms with E-state index in [1.807, 2.05) is 25.2 Å². The van der Waals surface area contributed by atoms with Gasteiger partial charge >= 0.3 is 0 Å². The van der Waals surface area contributed by atoms with Gasteiger partial charge in [0.2, 0.25) is 0 Å². The quantitative estimate of drug-likeness (QED) is 0.453. The van der Waals surface area contributed by atoms with Crippen molar-refractivity contribution in [1.29, 1.82) is 0 Å². The molecule has 0 unspecified atom stereocenters. The van der Waals surface area contributed by atoms with Crippen LogP contribution in [0.2, 0.25) is 0 Å². The molecule has 3 nitrogen and oxygen atoms in total. The first-order chi connectivity index (χ1) is 7.81. The van der Waals surface area contributed by atoms with Crippen LogP contribution in [-0.4, -0.2) is 25.8 Å². The maximum absolute atomic E-state index is 10.4. The smallest absolute Gasteiger partial charge is 0.142 e. The number of ether oxygens (including phenoxy) is 1. The predicted octanol–water partition coefficient (Wildman–Crippen LogP) is 2.48. The van der Waals surface area contributed by atoms with E-state index >= 15 is 0 Å². The third-order valence-corrected chi connectivity index (χ3v) is 2.44. The van der Waals surface area contributed by atoms with Crippen LogP contribution in [-0.2, 0) is 11.2 Å². The Kier molecular flexibility index (Phi) is 5.72. The summed E-state index contributed by atoms with van der Waals surface area (Å²) in [6, 6.07) is 5.69. The van der Waals surface area contributed by atoms with E-state index in [0.29, 0.717) is 18.9 Å². The number of carbonyl (C=O) groups is 1. The molecule has 0 radical (unpaired) electrons. The number of halogens is 1. The van der Waals surface area contributed by atoms with Crippen LogP contribution < -0.4 is 10.1 Å². The minimum Gasteiger partial charge on any atom is -0.491 e. The Hall–Kier alpha value is -1.22. The van der Waals surface area contributed by atoms with Crippen LogP contribution in [0.15, 0.2) is 18.2 Å². The van der Waals surface area contributed by atoms with E-state index in [0.717, 1.165) is 29.7 Å². The zero-order chi connectivity index (χ0) is 11.8. The topological polar surface area (TPSA) is 38.3 Å². The fraction of sp³-hybridized carbons (Fsp3) is 0.417. The van der Waals surface area contributed by atoms with Gasteiger partial charge in [-0.3, -0.25) is 0 Å². The molecule has 1 rings (SSSR count). The zero-order valence-corrected chi connectivity index (χ0v) is 10.1. The molecule has 0 bridgehead atoms. The molecule has 1 aromatic carbocycles. The second kappa shape index (κ2) is 7.12. The van der Waals surface area contributed by atoms with Crippen molar-refractivity contribution in [2.75, 3.05) is 24.9 Å². The van der Waals surface area contributed by atoms with Gasteiger partial charge in [-0.05, 0) is 24.1 Å². The molecule has 0 aliphatic heterocycles. The number of anilines is 1. The van der Waals surface area contributed by atoms with Gasteiger partial charge in [0.1, 0.15) is 12.0 Å². The molecule has 0 saturated heterocycles. The maximum atomic E-state index is 10.4. The van der Waals surface area contributed by atoms with Crippen molar-refractivity contribution in [3.05, 3.63) is 23.8 Å². The molecule has 0 aliphatic rings. The highest BCUT2D eigenvalue weighted by Crippen LogP contribution is 2.25. The molecule has 0 spiro atoms. The van der Waals surface area contributed by atoms with E-state index in [2.05, 4.69) is 5.32 Å². The summed E-state index contributed by atoms with van der Waals surface area (Å²) in [4.78, 5) is 10.4. The third-order valence-electron chi connectivity index (χ3n) is 2.17.